The van der Waals surface area contributed by atoms with Crippen molar-refractivity contribution in [2.45, 2.75) is 26.2 Å². The molecule has 1 unspecified atom stereocenters. The lowest BCUT2D eigenvalue weighted by Crippen LogP contribution is -2.29. The molecule has 0 saturated carbocycles. The summed E-state index contributed by atoms with van der Waals surface area (Å²) < 4.78 is 11.3. The van der Waals surface area contributed by atoms with Crippen LogP contribution in [-0.2, 0) is 6.42 Å². The molecule has 0 aliphatic heterocycles. The Kier molecular flexibility index (Phi) is 6.68. The SMILES string of the molecule is COc1cccc(C(CNC(=O)c2cc(CC(C)C)[nH]n2)c2c[nH]c3ccccc23)c1OC. The van der Waals surface area contributed by atoms with Gasteiger partial charge in [0.25, 0.3) is 5.91 Å². The number of carbonyl (C=O) groups is 1. The molecule has 3 N–H and O–H groups in total. The smallest absolute Gasteiger partial charge is 0.271 e. The molecule has 0 bridgehead atoms. The summed E-state index contributed by atoms with van der Waals surface area (Å²) >= 11 is 0. The second-order valence-electron chi connectivity index (χ2n) is 8.51. The number of nitrogens with zero attached hydrogens (tertiary/aromatic N) is 1. The standard InChI is InChI=1S/C26H30N4O3/c1-16(2)12-17-13-23(30-29-17)26(31)28-15-21(19-9-7-11-24(32-3)25(19)33-4)20-14-27-22-10-6-5-8-18(20)22/h5-11,13-14,16,21,27H,12,15H2,1-4H3,(H,28,31)(H,29,30). The van der Waals surface area contributed by atoms with Crippen molar-refractivity contribution in [1.82, 2.24) is 20.5 Å². The van der Waals surface area contributed by atoms with Gasteiger partial charge >= 0.3 is 0 Å². The van der Waals surface area contributed by atoms with Crippen LogP contribution in [0.25, 0.3) is 10.9 Å². The van der Waals surface area contributed by atoms with Crippen LogP contribution in [0.1, 0.15) is 47.1 Å². The molecule has 0 spiro atoms. The Bertz CT molecular complexity index is 1240. The zero-order valence-corrected chi connectivity index (χ0v) is 19.4. The number of H-pyrrole nitrogens is 2. The minimum absolute atomic E-state index is 0.163. The molecule has 7 nitrogen and oxygen atoms in total. The van der Waals surface area contributed by atoms with Gasteiger partial charge in [-0.15, -0.1) is 0 Å². The Morgan fingerprint density at radius 2 is 1.88 bits per heavy atom. The summed E-state index contributed by atoms with van der Waals surface area (Å²) in [6.07, 6.45) is 2.84. The number of aromatic nitrogens is 3. The Labute approximate surface area is 193 Å². The van der Waals surface area contributed by atoms with Gasteiger partial charge in [-0.3, -0.25) is 9.89 Å². The molecule has 2 heterocycles. The van der Waals surface area contributed by atoms with E-state index in [1.54, 1.807) is 14.2 Å². The molecule has 0 aliphatic rings. The van der Waals surface area contributed by atoms with Crippen molar-refractivity contribution in [1.29, 1.82) is 0 Å². The number of carbonyl (C=O) groups excluding carboxylic acids is 1. The first-order valence-electron chi connectivity index (χ1n) is 11.1. The summed E-state index contributed by atoms with van der Waals surface area (Å²) in [4.78, 5) is 16.3. The summed E-state index contributed by atoms with van der Waals surface area (Å²) in [5.41, 5.74) is 4.39. The molecule has 33 heavy (non-hydrogen) atoms. The molecule has 0 aliphatic carbocycles. The fourth-order valence-electron chi connectivity index (χ4n) is 4.26. The number of aromatic amines is 2. The number of methoxy groups -OCH3 is 2. The Morgan fingerprint density at radius 3 is 2.64 bits per heavy atom. The molecule has 0 saturated heterocycles. The fourth-order valence-corrected chi connectivity index (χ4v) is 4.26. The minimum Gasteiger partial charge on any atom is -0.493 e. The van der Waals surface area contributed by atoms with Crippen molar-refractivity contribution < 1.29 is 14.3 Å². The monoisotopic (exact) mass is 446 g/mol. The number of benzene rings is 2. The van der Waals surface area contributed by atoms with Gasteiger partial charge in [0.05, 0.1) is 14.2 Å². The molecule has 172 valence electrons. The first-order chi connectivity index (χ1) is 16.0. The summed E-state index contributed by atoms with van der Waals surface area (Å²) in [7, 11) is 3.25. The highest BCUT2D eigenvalue weighted by Crippen LogP contribution is 2.40. The van der Waals surface area contributed by atoms with E-state index in [2.05, 4.69) is 40.4 Å². The van der Waals surface area contributed by atoms with Crippen molar-refractivity contribution in [3.63, 3.8) is 0 Å². The molecule has 1 atom stereocenters. The zero-order chi connectivity index (χ0) is 23.4. The fraction of sp³-hybridized carbons (Fsp3) is 0.308. The first-order valence-corrected chi connectivity index (χ1v) is 11.1. The van der Waals surface area contributed by atoms with E-state index in [0.29, 0.717) is 29.7 Å². The van der Waals surface area contributed by atoms with E-state index >= 15 is 0 Å². The third kappa shape index (κ3) is 4.72. The highest BCUT2D eigenvalue weighted by Gasteiger charge is 2.25. The molecule has 0 radical (unpaired) electrons. The predicted molar refractivity (Wildman–Crippen MR) is 129 cm³/mol. The van der Waals surface area contributed by atoms with Crippen LogP contribution in [0.3, 0.4) is 0 Å². The summed E-state index contributed by atoms with van der Waals surface area (Å²) in [6.45, 7) is 4.64. The average molecular weight is 447 g/mol. The van der Waals surface area contributed by atoms with Crippen molar-refractivity contribution in [2.75, 3.05) is 20.8 Å². The quantitative estimate of drug-likeness (QED) is 0.348. The van der Waals surface area contributed by atoms with Crippen LogP contribution >= 0.6 is 0 Å². The van der Waals surface area contributed by atoms with Crippen molar-refractivity contribution in [3.05, 3.63) is 77.2 Å². The van der Waals surface area contributed by atoms with Gasteiger partial charge in [-0.2, -0.15) is 5.10 Å². The molecular weight excluding hydrogens is 416 g/mol. The molecular formula is C26H30N4O3. The molecule has 0 fully saturated rings. The number of hydrogen-bond acceptors (Lipinski definition) is 4. The van der Waals surface area contributed by atoms with Crippen molar-refractivity contribution in [3.8, 4) is 11.5 Å². The van der Waals surface area contributed by atoms with Gasteiger partial charge in [0.2, 0.25) is 0 Å². The van der Waals surface area contributed by atoms with Crippen molar-refractivity contribution >= 4 is 16.8 Å². The molecule has 4 rings (SSSR count). The van der Waals surface area contributed by atoms with Crippen LogP contribution < -0.4 is 14.8 Å². The van der Waals surface area contributed by atoms with E-state index in [4.69, 9.17) is 9.47 Å². The van der Waals surface area contributed by atoms with Crippen LogP contribution in [0.5, 0.6) is 11.5 Å². The van der Waals surface area contributed by atoms with Gasteiger partial charge in [-0.05, 0) is 36.1 Å². The van der Waals surface area contributed by atoms with Gasteiger partial charge in [-0.25, -0.2) is 0 Å². The van der Waals surface area contributed by atoms with E-state index < -0.39 is 0 Å². The van der Waals surface area contributed by atoms with Gasteiger partial charge in [0, 0.05) is 40.8 Å². The third-order valence-corrected chi connectivity index (χ3v) is 5.76. The summed E-state index contributed by atoms with van der Waals surface area (Å²) in [6, 6.07) is 15.8. The Hall–Kier alpha value is -3.74. The zero-order valence-electron chi connectivity index (χ0n) is 19.4. The molecule has 1 amide bonds. The lowest BCUT2D eigenvalue weighted by Gasteiger charge is -2.21. The van der Waals surface area contributed by atoms with E-state index in [9.17, 15) is 4.79 Å². The van der Waals surface area contributed by atoms with E-state index in [0.717, 1.165) is 34.1 Å². The normalized spacial score (nSPS) is 12.2. The summed E-state index contributed by atoms with van der Waals surface area (Å²) in [5.74, 6) is 1.41. The lowest BCUT2D eigenvalue weighted by molar-refractivity contribution is 0.0947. The maximum Gasteiger partial charge on any atom is 0.271 e. The number of hydrogen-bond donors (Lipinski definition) is 3. The highest BCUT2D eigenvalue weighted by molar-refractivity contribution is 5.92. The van der Waals surface area contributed by atoms with E-state index in [1.807, 2.05) is 48.7 Å². The van der Waals surface area contributed by atoms with E-state index in [-0.39, 0.29) is 11.8 Å². The van der Waals surface area contributed by atoms with Crippen LogP contribution in [0.4, 0.5) is 0 Å². The Balaban J connectivity index is 1.67. The number of amides is 1. The van der Waals surface area contributed by atoms with Gasteiger partial charge in [-0.1, -0.05) is 44.2 Å². The highest BCUT2D eigenvalue weighted by atomic mass is 16.5. The number of para-hydroxylation sites is 2. The van der Waals surface area contributed by atoms with Crippen molar-refractivity contribution in [2.24, 2.45) is 5.92 Å². The topological polar surface area (TPSA) is 92.0 Å². The third-order valence-electron chi connectivity index (χ3n) is 5.76. The lowest BCUT2D eigenvalue weighted by atomic mass is 9.89. The van der Waals surface area contributed by atoms with Gasteiger partial charge in [0.15, 0.2) is 11.5 Å². The molecule has 4 aromatic rings. The number of rotatable bonds is 9. The number of ether oxygens (including phenoxy) is 2. The number of fused-ring (bicyclic) bond motifs is 1. The van der Waals surface area contributed by atoms with E-state index in [1.165, 1.54) is 0 Å². The largest absolute Gasteiger partial charge is 0.493 e. The second kappa shape index (κ2) is 9.81. The maximum atomic E-state index is 12.9. The maximum absolute atomic E-state index is 12.9. The molecule has 7 heteroatoms. The van der Waals surface area contributed by atoms with Crippen LogP contribution in [-0.4, -0.2) is 41.9 Å². The minimum atomic E-state index is -0.215. The Morgan fingerprint density at radius 1 is 1.06 bits per heavy atom. The first kappa shape index (κ1) is 22.5. The summed E-state index contributed by atoms with van der Waals surface area (Å²) in [5, 5.41) is 11.3. The van der Waals surface area contributed by atoms with Gasteiger partial charge in [0.1, 0.15) is 5.69 Å². The van der Waals surface area contributed by atoms with Crippen LogP contribution in [0.2, 0.25) is 0 Å². The van der Waals surface area contributed by atoms with Crippen LogP contribution in [0, 0.1) is 5.92 Å². The second-order valence-corrected chi connectivity index (χ2v) is 8.51. The average Bonchev–Trinajstić information content (AvgIpc) is 3.46. The van der Waals surface area contributed by atoms with Crippen LogP contribution in [0.15, 0.2) is 54.7 Å². The predicted octanol–water partition coefficient (Wildman–Crippen LogP) is 4.67. The van der Waals surface area contributed by atoms with Gasteiger partial charge < -0.3 is 19.8 Å². The molecule has 2 aromatic heterocycles. The number of nitrogens with one attached hydrogen (secondary N) is 3. The molecule has 2 aromatic carbocycles.